The van der Waals surface area contributed by atoms with Crippen LogP contribution in [-0.4, -0.2) is 67.6 Å². The predicted octanol–water partition coefficient (Wildman–Crippen LogP) is 6.13. The number of carboxylic acids is 1. The zero-order valence-corrected chi connectivity index (χ0v) is 28.6. The number of benzene rings is 3. The Morgan fingerprint density at radius 1 is 1.00 bits per heavy atom. The molecule has 2 aliphatic heterocycles. The number of alkyl halides is 3. The van der Waals surface area contributed by atoms with Crippen LogP contribution >= 0.6 is 0 Å². The minimum Gasteiger partial charge on any atom is -0.480 e. The van der Waals surface area contributed by atoms with Crippen molar-refractivity contribution in [2.45, 2.75) is 56.3 Å². The van der Waals surface area contributed by atoms with Crippen molar-refractivity contribution in [1.29, 1.82) is 0 Å². The highest BCUT2D eigenvalue weighted by Crippen LogP contribution is 2.44. The van der Waals surface area contributed by atoms with Crippen molar-refractivity contribution in [2.75, 3.05) is 36.5 Å². The van der Waals surface area contributed by atoms with Crippen molar-refractivity contribution in [1.82, 2.24) is 15.3 Å². The first-order valence-corrected chi connectivity index (χ1v) is 18.0. The molecule has 2 fully saturated rings. The van der Waals surface area contributed by atoms with Gasteiger partial charge in [0.15, 0.2) is 9.84 Å². The molecule has 0 amide bonds. The molecule has 50 heavy (non-hydrogen) atoms. The fraction of sp³-hybridized carbons (Fsp3) is 0.361. The van der Waals surface area contributed by atoms with Gasteiger partial charge in [-0.15, -0.1) is 0 Å². The van der Waals surface area contributed by atoms with Gasteiger partial charge in [0.2, 0.25) is 17.9 Å². The second-order valence-electron chi connectivity index (χ2n) is 13.3. The molecule has 264 valence electrons. The number of ether oxygens (including phenoxy) is 1. The van der Waals surface area contributed by atoms with Crippen LogP contribution in [0.5, 0.6) is 5.88 Å². The van der Waals surface area contributed by atoms with Crippen molar-refractivity contribution in [3.63, 3.8) is 0 Å². The number of nitrogens with two attached hydrogens (primary N) is 1. The summed E-state index contributed by atoms with van der Waals surface area (Å²) in [5.74, 6) is -1.23. The third-order valence-corrected chi connectivity index (χ3v) is 10.9. The minimum absolute atomic E-state index is 0.0367. The van der Waals surface area contributed by atoms with Crippen LogP contribution < -0.4 is 20.7 Å². The first-order valence-electron chi connectivity index (χ1n) is 16.1. The summed E-state index contributed by atoms with van der Waals surface area (Å²) in [4.78, 5) is 21.6. The maximum absolute atomic E-state index is 15.0. The van der Waals surface area contributed by atoms with E-state index < -0.39 is 34.1 Å². The average molecular weight is 710 g/mol. The predicted molar refractivity (Wildman–Crippen MR) is 184 cm³/mol. The summed E-state index contributed by atoms with van der Waals surface area (Å²) in [5, 5.41) is 12.5. The third kappa shape index (κ3) is 7.41. The average Bonchev–Trinajstić information content (AvgIpc) is 3.47. The summed E-state index contributed by atoms with van der Waals surface area (Å²) in [6.45, 7) is 5.47. The van der Waals surface area contributed by atoms with E-state index in [4.69, 9.17) is 10.5 Å². The molecule has 1 spiro atoms. The molecule has 4 N–H and O–H groups in total. The van der Waals surface area contributed by atoms with E-state index in [0.717, 1.165) is 22.9 Å². The second kappa shape index (κ2) is 13.2. The zero-order valence-electron chi connectivity index (χ0n) is 27.8. The van der Waals surface area contributed by atoms with E-state index in [9.17, 15) is 18.3 Å². The van der Waals surface area contributed by atoms with E-state index >= 15 is 13.2 Å². The van der Waals surface area contributed by atoms with E-state index in [0.29, 0.717) is 50.3 Å². The number of nitrogen functional groups attached to an aromatic ring is 1. The Bertz CT molecular complexity index is 2050. The number of nitrogens with zero attached hydrogens (tertiary/aromatic N) is 3. The minimum atomic E-state index is -4.92. The fourth-order valence-corrected chi connectivity index (χ4v) is 7.46. The molecule has 0 saturated carbocycles. The van der Waals surface area contributed by atoms with Crippen molar-refractivity contribution >= 4 is 27.6 Å². The monoisotopic (exact) mass is 709 g/mol. The molecule has 2 atom stereocenters. The summed E-state index contributed by atoms with van der Waals surface area (Å²) in [7, 11) is -3.67. The Kier molecular flexibility index (Phi) is 9.29. The van der Waals surface area contributed by atoms with Crippen LogP contribution in [0.4, 0.5) is 24.9 Å². The lowest BCUT2D eigenvalue weighted by Gasteiger charge is -2.39. The summed E-state index contributed by atoms with van der Waals surface area (Å²) in [6, 6.07) is 16.8. The molecule has 4 aromatic rings. The van der Waals surface area contributed by atoms with Crippen LogP contribution in [0.15, 0.2) is 71.6 Å². The number of piperidine rings is 1. The van der Waals surface area contributed by atoms with E-state index in [1.165, 1.54) is 30.3 Å². The highest BCUT2D eigenvalue weighted by molar-refractivity contribution is 7.90. The number of sulfone groups is 1. The highest BCUT2D eigenvalue weighted by Gasteiger charge is 2.46. The number of aliphatic carboxylic acids is 1. The van der Waals surface area contributed by atoms with Gasteiger partial charge >= 0.3 is 12.1 Å². The van der Waals surface area contributed by atoms with Crippen LogP contribution in [0, 0.1) is 19.3 Å². The topological polar surface area (TPSA) is 148 Å². The van der Waals surface area contributed by atoms with Crippen molar-refractivity contribution < 1.29 is 36.2 Å². The van der Waals surface area contributed by atoms with Crippen LogP contribution in [0.25, 0.3) is 22.3 Å². The van der Waals surface area contributed by atoms with Gasteiger partial charge in [0.1, 0.15) is 11.9 Å². The van der Waals surface area contributed by atoms with Crippen LogP contribution in [-0.2, 0) is 14.6 Å². The maximum Gasteiger partial charge on any atom is 0.429 e. The number of halogens is 3. The normalized spacial score (nSPS) is 18.3. The lowest BCUT2D eigenvalue weighted by Crippen LogP contribution is -2.41. The number of aryl methyl sites for hydroxylation is 2. The zero-order chi connectivity index (χ0) is 36.0. The van der Waals surface area contributed by atoms with E-state index in [2.05, 4.69) is 15.3 Å². The Balaban J connectivity index is 1.36. The van der Waals surface area contributed by atoms with E-state index in [1.807, 2.05) is 36.9 Å². The maximum atomic E-state index is 15.0. The molecule has 0 bridgehead atoms. The Morgan fingerprint density at radius 2 is 1.70 bits per heavy atom. The number of carboxylic acid groups (broad SMARTS) is 1. The number of carbonyl (C=O) groups is 1. The van der Waals surface area contributed by atoms with Gasteiger partial charge in [-0.3, -0.25) is 4.79 Å². The van der Waals surface area contributed by atoms with Gasteiger partial charge < -0.3 is 25.8 Å². The van der Waals surface area contributed by atoms with Gasteiger partial charge in [0, 0.05) is 37.5 Å². The third-order valence-electron chi connectivity index (χ3n) is 9.80. The smallest absolute Gasteiger partial charge is 0.429 e. The van der Waals surface area contributed by atoms with Crippen LogP contribution in [0.3, 0.4) is 0 Å². The van der Waals surface area contributed by atoms with Crippen molar-refractivity contribution in [3.05, 3.63) is 83.4 Å². The Hall–Kier alpha value is -4.69. The number of hydrogen-bond donors (Lipinski definition) is 3. The lowest BCUT2D eigenvalue weighted by molar-refractivity contribution is -0.198. The highest BCUT2D eigenvalue weighted by atomic mass is 32.2. The van der Waals surface area contributed by atoms with Crippen molar-refractivity contribution in [3.8, 4) is 28.1 Å². The van der Waals surface area contributed by atoms with Gasteiger partial charge in [-0.25, -0.2) is 8.42 Å². The first kappa shape index (κ1) is 35.1. The fourth-order valence-electron chi connectivity index (χ4n) is 6.79. The first-order chi connectivity index (χ1) is 23.5. The number of aromatic nitrogens is 2. The SMILES string of the molecule is Cc1ccc(-c2ccc([C@@H](Oc3cc(N4CCC5(CC4)CNC(C(=O)O)C5)nc(N)n3)C(F)(F)F)c(-c3cccc(S(C)(=O)=O)c3)c2)cc1C. The van der Waals surface area contributed by atoms with Gasteiger partial charge in [-0.2, -0.15) is 23.1 Å². The van der Waals surface area contributed by atoms with Crippen LogP contribution in [0.2, 0.25) is 0 Å². The quantitative estimate of drug-likeness (QED) is 0.195. The number of rotatable bonds is 8. The molecule has 10 nitrogen and oxygen atoms in total. The molecule has 2 aliphatic rings. The van der Waals surface area contributed by atoms with Gasteiger partial charge in [-0.1, -0.05) is 42.5 Å². The van der Waals surface area contributed by atoms with Gasteiger partial charge in [0.05, 0.1) is 4.90 Å². The summed E-state index contributed by atoms with van der Waals surface area (Å²) >= 11 is 0. The second-order valence-corrected chi connectivity index (χ2v) is 15.3. The number of hydrogen-bond acceptors (Lipinski definition) is 9. The van der Waals surface area contributed by atoms with E-state index in [-0.39, 0.29) is 38.8 Å². The summed E-state index contributed by atoms with van der Waals surface area (Å²) < 4.78 is 75.7. The largest absolute Gasteiger partial charge is 0.480 e. The summed E-state index contributed by atoms with van der Waals surface area (Å²) in [6.07, 6.45) is -4.55. The molecule has 1 aromatic heterocycles. The lowest BCUT2D eigenvalue weighted by atomic mass is 9.76. The molecular weight excluding hydrogens is 671 g/mol. The number of nitrogens with one attached hydrogen (secondary N) is 1. The molecule has 6 rings (SSSR count). The molecule has 0 aliphatic carbocycles. The molecule has 0 radical (unpaired) electrons. The van der Waals surface area contributed by atoms with Gasteiger partial charge in [0.25, 0.3) is 0 Å². The summed E-state index contributed by atoms with van der Waals surface area (Å²) in [5.41, 5.74) is 9.48. The number of anilines is 2. The Morgan fingerprint density at radius 3 is 2.34 bits per heavy atom. The van der Waals surface area contributed by atoms with E-state index in [1.54, 1.807) is 18.2 Å². The molecule has 3 heterocycles. The molecular formula is C36H38F3N5O5S. The molecule has 14 heteroatoms. The molecule has 2 saturated heterocycles. The molecule has 1 unspecified atom stereocenters. The van der Waals surface area contributed by atoms with Crippen molar-refractivity contribution in [2.24, 2.45) is 5.41 Å². The Labute approximate surface area is 288 Å². The van der Waals surface area contributed by atoms with Crippen LogP contribution in [0.1, 0.15) is 42.1 Å². The van der Waals surface area contributed by atoms with Gasteiger partial charge in [-0.05, 0) is 90.1 Å². The molecule has 3 aromatic carbocycles. The standard InChI is InChI=1S/C36H38F3N5O5S/c1-21-7-8-23(15-22(21)2)24-9-10-27(28(17-24)25-5-4-6-26(16-25)50(3,47)48)32(36(37,38)39)49-31-18-30(42-34(40)43-31)44-13-11-35(12-14-44)19-29(33(45)46)41-20-35/h4-10,15-18,29,32,41H,11-14,19-20H2,1-3H3,(H,45,46)(H2,40,42,43)/t29?,32-/m1/s1.